The fraction of sp³-hybridized carbons (Fsp3) is 0.318. The highest BCUT2D eigenvalue weighted by Crippen LogP contribution is 2.11. The van der Waals surface area contributed by atoms with E-state index in [0.717, 1.165) is 12.0 Å². The third kappa shape index (κ3) is 5.67. The van der Waals surface area contributed by atoms with Gasteiger partial charge < -0.3 is 15.4 Å². The molecule has 0 aromatic heterocycles. The standard InChI is InChI=1S/C22H26N2O4/c1-4-15(2)19(24-20(25)17-8-6-5-7-9-17)21(26)23-14-16-10-12-18(13-11-16)22(27)28-3/h5-13,15,19H,4,14H2,1-3H3,(H,23,26)(H,24,25). The number of hydrogen-bond acceptors (Lipinski definition) is 4. The zero-order valence-electron chi connectivity index (χ0n) is 16.4. The van der Waals surface area contributed by atoms with Crippen LogP contribution in [-0.2, 0) is 16.1 Å². The van der Waals surface area contributed by atoms with Gasteiger partial charge in [0.15, 0.2) is 0 Å². The summed E-state index contributed by atoms with van der Waals surface area (Å²) in [4.78, 5) is 36.6. The van der Waals surface area contributed by atoms with Gasteiger partial charge in [0, 0.05) is 12.1 Å². The minimum atomic E-state index is -0.632. The number of nitrogens with one attached hydrogen (secondary N) is 2. The third-order valence-electron chi connectivity index (χ3n) is 4.66. The van der Waals surface area contributed by atoms with Crippen molar-refractivity contribution >= 4 is 17.8 Å². The van der Waals surface area contributed by atoms with Gasteiger partial charge in [-0.2, -0.15) is 0 Å². The average molecular weight is 382 g/mol. The van der Waals surface area contributed by atoms with Crippen molar-refractivity contribution in [2.45, 2.75) is 32.9 Å². The lowest BCUT2D eigenvalue weighted by atomic mass is 9.97. The minimum absolute atomic E-state index is 0.0191. The fourth-order valence-corrected chi connectivity index (χ4v) is 2.69. The van der Waals surface area contributed by atoms with Crippen molar-refractivity contribution < 1.29 is 19.1 Å². The maximum Gasteiger partial charge on any atom is 0.337 e. The molecule has 0 heterocycles. The average Bonchev–Trinajstić information content (AvgIpc) is 2.75. The van der Waals surface area contributed by atoms with Gasteiger partial charge in [-0.15, -0.1) is 0 Å². The molecule has 2 atom stereocenters. The van der Waals surface area contributed by atoms with Crippen LogP contribution in [0.4, 0.5) is 0 Å². The van der Waals surface area contributed by atoms with Crippen molar-refractivity contribution in [2.75, 3.05) is 7.11 Å². The molecule has 6 nitrogen and oxygen atoms in total. The van der Waals surface area contributed by atoms with E-state index in [-0.39, 0.29) is 17.7 Å². The smallest absolute Gasteiger partial charge is 0.337 e. The summed E-state index contributed by atoms with van der Waals surface area (Å²) in [5, 5.41) is 5.70. The molecule has 6 heteroatoms. The summed E-state index contributed by atoms with van der Waals surface area (Å²) in [5.74, 6) is -0.940. The topological polar surface area (TPSA) is 84.5 Å². The molecule has 0 radical (unpaired) electrons. The van der Waals surface area contributed by atoms with Gasteiger partial charge in [-0.25, -0.2) is 4.79 Å². The number of esters is 1. The molecule has 0 bridgehead atoms. The van der Waals surface area contributed by atoms with Crippen molar-refractivity contribution in [1.29, 1.82) is 0 Å². The van der Waals surface area contributed by atoms with Crippen LogP contribution >= 0.6 is 0 Å². The second kappa shape index (κ2) is 10.3. The van der Waals surface area contributed by atoms with E-state index in [4.69, 9.17) is 0 Å². The molecule has 148 valence electrons. The van der Waals surface area contributed by atoms with Crippen LogP contribution in [0, 0.1) is 5.92 Å². The molecule has 2 amide bonds. The number of benzene rings is 2. The largest absolute Gasteiger partial charge is 0.465 e. The Kier molecular flexibility index (Phi) is 7.75. The summed E-state index contributed by atoms with van der Waals surface area (Å²) in [5.41, 5.74) is 1.81. The molecule has 0 aliphatic carbocycles. The normalized spacial score (nSPS) is 12.5. The first-order valence-corrected chi connectivity index (χ1v) is 9.27. The number of carbonyl (C=O) groups is 3. The summed E-state index contributed by atoms with van der Waals surface area (Å²) in [7, 11) is 1.33. The first kappa shape index (κ1) is 21.2. The monoisotopic (exact) mass is 382 g/mol. The third-order valence-corrected chi connectivity index (χ3v) is 4.66. The minimum Gasteiger partial charge on any atom is -0.465 e. The molecule has 0 spiro atoms. The van der Waals surface area contributed by atoms with Gasteiger partial charge in [-0.1, -0.05) is 50.6 Å². The lowest BCUT2D eigenvalue weighted by Crippen LogP contribution is -2.50. The Labute approximate surface area is 165 Å². The number of hydrogen-bond donors (Lipinski definition) is 2. The molecule has 2 unspecified atom stereocenters. The summed E-state index contributed by atoms with van der Waals surface area (Å²) < 4.78 is 4.67. The molecule has 2 N–H and O–H groups in total. The van der Waals surface area contributed by atoms with Crippen LogP contribution < -0.4 is 10.6 Å². The number of ether oxygens (including phenoxy) is 1. The molecule has 0 fully saturated rings. The van der Waals surface area contributed by atoms with E-state index in [2.05, 4.69) is 15.4 Å². The van der Waals surface area contributed by atoms with Crippen LogP contribution in [0.5, 0.6) is 0 Å². The van der Waals surface area contributed by atoms with Crippen LogP contribution in [0.25, 0.3) is 0 Å². The van der Waals surface area contributed by atoms with Gasteiger partial charge in [0.2, 0.25) is 5.91 Å². The quantitative estimate of drug-likeness (QED) is 0.688. The van der Waals surface area contributed by atoms with Crippen LogP contribution in [0.1, 0.15) is 46.5 Å². The lowest BCUT2D eigenvalue weighted by Gasteiger charge is -2.23. The molecule has 2 aromatic carbocycles. The van der Waals surface area contributed by atoms with Gasteiger partial charge in [-0.05, 0) is 35.7 Å². The van der Waals surface area contributed by atoms with E-state index in [0.29, 0.717) is 17.7 Å². The molecular weight excluding hydrogens is 356 g/mol. The van der Waals surface area contributed by atoms with E-state index < -0.39 is 12.0 Å². The maximum atomic E-state index is 12.7. The highest BCUT2D eigenvalue weighted by Gasteiger charge is 2.26. The van der Waals surface area contributed by atoms with Crippen LogP contribution in [-0.4, -0.2) is 30.9 Å². The Morgan fingerprint density at radius 1 is 0.964 bits per heavy atom. The lowest BCUT2D eigenvalue weighted by molar-refractivity contribution is -0.124. The Bertz CT molecular complexity index is 803. The predicted octanol–water partition coefficient (Wildman–Crippen LogP) is 2.93. The molecule has 0 aliphatic rings. The highest BCUT2D eigenvalue weighted by molar-refractivity contribution is 5.97. The number of rotatable bonds is 8. The molecule has 0 saturated heterocycles. The zero-order valence-corrected chi connectivity index (χ0v) is 16.4. The van der Waals surface area contributed by atoms with E-state index in [1.54, 1.807) is 48.5 Å². The Morgan fingerprint density at radius 2 is 1.61 bits per heavy atom. The van der Waals surface area contributed by atoms with Crippen molar-refractivity contribution in [3.8, 4) is 0 Å². The van der Waals surface area contributed by atoms with Crippen molar-refractivity contribution in [3.63, 3.8) is 0 Å². The fourth-order valence-electron chi connectivity index (χ4n) is 2.69. The van der Waals surface area contributed by atoms with Crippen LogP contribution in [0.15, 0.2) is 54.6 Å². The first-order chi connectivity index (χ1) is 13.5. The van der Waals surface area contributed by atoms with Gasteiger partial charge in [0.25, 0.3) is 5.91 Å². The second-order valence-corrected chi connectivity index (χ2v) is 6.61. The summed E-state index contributed by atoms with van der Waals surface area (Å²) in [6, 6.07) is 15.0. The Balaban J connectivity index is 2.00. The first-order valence-electron chi connectivity index (χ1n) is 9.27. The maximum absolute atomic E-state index is 12.7. The second-order valence-electron chi connectivity index (χ2n) is 6.61. The van der Waals surface area contributed by atoms with E-state index in [1.807, 2.05) is 19.9 Å². The van der Waals surface area contributed by atoms with Crippen molar-refractivity contribution in [2.24, 2.45) is 5.92 Å². The molecular formula is C22H26N2O4. The number of amides is 2. The molecule has 2 rings (SSSR count). The molecule has 0 saturated carbocycles. The predicted molar refractivity (Wildman–Crippen MR) is 107 cm³/mol. The Hall–Kier alpha value is -3.15. The van der Waals surface area contributed by atoms with E-state index in [1.165, 1.54) is 7.11 Å². The zero-order chi connectivity index (χ0) is 20.5. The SMILES string of the molecule is CCC(C)C(NC(=O)c1ccccc1)C(=O)NCc1ccc(C(=O)OC)cc1. The van der Waals surface area contributed by atoms with Gasteiger partial charge in [-0.3, -0.25) is 9.59 Å². The van der Waals surface area contributed by atoms with Crippen molar-refractivity contribution in [3.05, 3.63) is 71.3 Å². The van der Waals surface area contributed by atoms with Gasteiger partial charge >= 0.3 is 5.97 Å². The van der Waals surface area contributed by atoms with E-state index >= 15 is 0 Å². The van der Waals surface area contributed by atoms with E-state index in [9.17, 15) is 14.4 Å². The summed E-state index contributed by atoms with van der Waals surface area (Å²) >= 11 is 0. The number of carbonyl (C=O) groups excluding carboxylic acids is 3. The summed E-state index contributed by atoms with van der Waals surface area (Å²) in [6.07, 6.45) is 0.751. The number of methoxy groups -OCH3 is 1. The molecule has 2 aromatic rings. The van der Waals surface area contributed by atoms with Gasteiger partial charge in [0.05, 0.1) is 12.7 Å². The highest BCUT2D eigenvalue weighted by atomic mass is 16.5. The van der Waals surface area contributed by atoms with Gasteiger partial charge in [0.1, 0.15) is 6.04 Å². The van der Waals surface area contributed by atoms with Crippen molar-refractivity contribution in [1.82, 2.24) is 10.6 Å². The van der Waals surface area contributed by atoms with Crippen LogP contribution in [0.3, 0.4) is 0 Å². The van der Waals surface area contributed by atoms with Crippen LogP contribution in [0.2, 0.25) is 0 Å². The Morgan fingerprint density at radius 3 is 2.18 bits per heavy atom. The summed E-state index contributed by atoms with van der Waals surface area (Å²) in [6.45, 7) is 4.21. The molecule has 0 aliphatic heterocycles. The molecule has 28 heavy (non-hydrogen) atoms.